The normalized spacial score (nSPS) is 24.0. The summed E-state index contributed by atoms with van der Waals surface area (Å²) >= 11 is 0. The fourth-order valence-electron chi connectivity index (χ4n) is 2.66. The molecule has 0 aliphatic heterocycles. The molecule has 0 aromatic rings. The second-order valence-corrected chi connectivity index (χ2v) is 5.66. The van der Waals surface area contributed by atoms with Crippen molar-refractivity contribution in [3.05, 3.63) is 0 Å². The summed E-state index contributed by atoms with van der Waals surface area (Å²) in [4.78, 5) is 25.1. The van der Waals surface area contributed by atoms with E-state index in [1.54, 1.807) is 0 Å². The lowest BCUT2D eigenvalue weighted by atomic mass is 9.81. The van der Waals surface area contributed by atoms with Crippen LogP contribution in [0.2, 0.25) is 0 Å². The zero-order valence-electron chi connectivity index (χ0n) is 11.7. The Labute approximate surface area is 109 Å². The van der Waals surface area contributed by atoms with Gasteiger partial charge in [0.1, 0.15) is 0 Å². The summed E-state index contributed by atoms with van der Waals surface area (Å²) in [5.74, 6) is -0.219. The predicted octanol–water partition coefficient (Wildman–Crippen LogP) is 2.38. The molecule has 0 saturated heterocycles. The minimum absolute atomic E-state index is 0.0410. The van der Waals surface area contributed by atoms with E-state index in [1.807, 2.05) is 11.8 Å². The molecule has 4 nitrogen and oxygen atoms in total. The van der Waals surface area contributed by atoms with E-state index in [-0.39, 0.29) is 17.7 Å². The van der Waals surface area contributed by atoms with Gasteiger partial charge in [-0.2, -0.15) is 0 Å². The van der Waals surface area contributed by atoms with Gasteiger partial charge in [0, 0.05) is 19.0 Å². The van der Waals surface area contributed by atoms with Gasteiger partial charge < -0.3 is 10.0 Å². The van der Waals surface area contributed by atoms with Crippen LogP contribution in [0.3, 0.4) is 0 Å². The first-order valence-electron chi connectivity index (χ1n) is 6.97. The van der Waals surface area contributed by atoms with E-state index >= 15 is 0 Å². The third-order valence-corrected chi connectivity index (χ3v) is 3.70. The number of carboxylic acid groups (broad SMARTS) is 1. The van der Waals surface area contributed by atoms with Crippen LogP contribution in [-0.4, -0.2) is 35.0 Å². The number of amides is 1. The monoisotopic (exact) mass is 255 g/mol. The van der Waals surface area contributed by atoms with Crippen LogP contribution in [0.15, 0.2) is 0 Å². The number of aliphatic carboxylic acids is 1. The van der Waals surface area contributed by atoms with Gasteiger partial charge in [-0.3, -0.25) is 9.59 Å². The number of hydrogen-bond acceptors (Lipinski definition) is 2. The Balaban J connectivity index is 2.50. The van der Waals surface area contributed by atoms with Gasteiger partial charge in [0.2, 0.25) is 5.91 Å². The van der Waals surface area contributed by atoms with Crippen molar-refractivity contribution in [2.45, 2.75) is 46.5 Å². The summed E-state index contributed by atoms with van der Waals surface area (Å²) in [6.07, 6.45) is 2.74. The fraction of sp³-hybridized carbons (Fsp3) is 0.857. The second kappa shape index (κ2) is 6.76. The van der Waals surface area contributed by atoms with Crippen LogP contribution in [0.25, 0.3) is 0 Å². The summed E-state index contributed by atoms with van der Waals surface area (Å²) in [5.41, 5.74) is 0. The van der Waals surface area contributed by atoms with Crippen LogP contribution >= 0.6 is 0 Å². The number of nitrogens with zero attached hydrogens (tertiary/aromatic N) is 1. The van der Waals surface area contributed by atoms with E-state index in [2.05, 4.69) is 13.8 Å². The lowest BCUT2D eigenvalue weighted by Crippen LogP contribution is -2.40. The Morgan fingerprint density at radius 1 is 1.17 bits per heavy atom. The van der Waals surface area contributed by atoms with E-state index < -0.39 is 5.97 Å². The summed E-state index contributed by atoms with van der Waals surface area (Å²) in [7, 11) is 0. The first-order chi connectivity index (χ1) is 8.45. The van der Waals surface area contributed by atoms with E-state index in [0.29, 0.717) is 18.8 Å². The molecular weight excluding hydrogens is 230 g/mol. The van der Waals surface area contributed by atoms with Gasteiger partial charge >= 0.3 is 5.97 Å². The van der Waals surface area contributed by atoms with Crippen molar-refractivity contribution < 1.29 is 14.7 Å². The highest BCUT2D eigenvalue weighted by Crippen LogP contribution is 2.30. The number of carboxylic acids is 1. The topological polar surface area (TPSA) is 57.6 Å². The Hall–Kier alpha value is -1.06. The molecule has 1 aliphatic carbocycles. The molecule has 1 saturated carbocycles. The fourth-order valence-corrected chi connectivity index (χ4v) is 2.66. The molecule has 0 unspecified atom stereocenters. The van der Waals surface area contributed by atoms with Gasteiger partial charge in [0.05, 0.1) is 5.92 Å². The first kappa shape index (κ1) is 15.0. The highest BCUT2D eigenvalue weighted by Gasteiger charge is 2.31. The zero-order chi connectivity index (χ0) is 13.7. The summed E-state index contributed by atoms with van der Waals surface area (Å²) in [6, 6.07) is 0. The molecule has 0 spiro atoms. The van der Waals surface area contributed by atoms with Gasteiger partial charge in [0.15, 0.2) is 0 Å². The third-order valence-electron chi connectivity index (χ3n) is 3.70. The SMILES string of the molecule is CCN(CC(C)C)C(=O)C1CCC(C(=O)O)CC1. The zero-order valence-corrected chi connectivity index (χ0v) is 11.7. The van der Waals surface area contributed by atoms with Crippen molar-refractivity contribution in [3.63, 3.8) is 0 Å². The van der Waals surface area contributed by atoms with Crippen molar-refractivity contribution in [3.8, 4) is 0 Å². The highest BCUT2D eigenvalue weighted by atomic mass is 16.4. The molecule has 0 aromatic heterocycles. The maximum Gasteiger partial charge on any atom is 0.306 e. The van der Waals surface area contributed by atoms with Crippen LogP contribution in [0, 0.1) is 17.8 Å². The number of carbonyl (C=O) groups excluding carboxylic acids is 1. The van der Waals surface area contributed by atoms with Crippen molar-refractivity contribution in [2.24, 2.45) is 17.8 Å². The Bertz CT molecular complexity index is 293. The molecule has 18 heavy (non-hydrogen) atoms. The molecule has 0 bridgehead atoms. The molecule has 1 N–H and O–H groups in total. The molecule has 104 valence electrons. The lowest BCUT2D eigenvalue weighted by Gasteiger charge is -2.31. The van der Waals surface area contributed by atoms with Gasteiger partial charge in [-0.05, 0) is 38.5 Å². The van der Waals surface area contributed by atoms with E-state index in [9.17, 15) is 9.59 Å². The Morgan fingerprint density at radius 3 is 2.06 bits per heavy atom. The summed E-state index contributed by atoms with van der Waals surface area (Å²) in [6.45, 7) is 7.77. The molecule has 0 radical (unpaired) electrons. The third kappa shape index (κ3) is 4.00. The molecule has 1 rings (SSSR count). The van der Waals surface area contributed by atoms with Gasteiger partial charge in [0.25, 0.3) is 0 Å². The quantitative estimate of drug-likeness (QED) is 0.820. The predicted molar refractivity (Wildman–Crippen MR) is 70.2 cm³/mol. The summed E-state index contributed by atoms with van der Waals surface area (Å²) < 4.78 is 0. The smallest absolute Gasteiger partial charge is 0.306 e. The molecule has 1 aliphatic rings. The van der Waals surface area contributed by atoms with Crippen LogP contribution in [-0.2, 0) is 9.59 Å². The number of carbonyl (C=O) groups is 2. The largest absolute Gasteiger partial charge is 0.481 e. The van der Waals surface area contributed by atoms with Crippen molar-refractivity contribution in [1.29, 1.82) is 0 Å². The van der Waals surface area contributed by atoms with Gasteiger partial charge in [-0.25, -0.2) is 0 Å². The first-order valence-corrected chi connectivity index (χ1v) is 6.97. The van der Waals surface area contributed by atoms with Crippen LogP contribution < -0.4 is 0 Å². The highest BCUT2D eigenvalue weighted by molar-refractivity contribution is 5.79. The maximum atomic E-state index is 12.3. The number of rotatable bonds is 5. The molecule has 0 atom stereocenters. The molecule has 0 heterocycles. The van der Waals surface area contributed by atoms with E-state index in [1.165, 1.54) is 0 Å². The second-order valence-electron chi connectivity index (χ2n) is 5.66. The van der Waals surface area contributed by atoms with Gasteiger partial charge in [-0.1, -0.05) is 13.8 Å². The summed E-state index contributed by atoms with van der Waals surface area (Å²) in [5, 5.41) is 8.94. The Morgan fingerprint density at radius 2 is 1.67 bits per heavy atom. The van der Waals surface area contributed by atoms with E-state index in [4.69, 9.17) is 5.11 Å². The van der Waals surface area contributed by atoms with Crippen molar-refractivity contribution >= 4 is 11.9 Å². The number of hydrogen-bond donors (Lipinski definition) is 1. The molecule has 0 aromatic carbocycles. The molecular formula is C14H25NO3. The van der Waals surface area contributed by atoms with E-state index in [0.717, 1.165) is 25.9 Å². The van der Waals surface area contributed by atoms with Crippen molar-refractivity contribution in [1.82, 2.24) is 4.90 Å². The molecule has 1 fully saturated rings. The van der Waals surface area contributed by atoms with Crippen LogP contribution in [0.5, 0.6) is 0 Å². The van der Waals surface area contributed by atoms with Crippen molar-refractivity contribution in [2.75, 3.05) is 13.1 Å². The minimum atomic E-state index is -0.713. The average molecular weight is 255 g/mol. The molecule has 4 heteroatoms. The average Bonchev–Trinajstić information content (AvgIpc) is 2.35. The standard InChI is InChI=1S/C14H25NO3/c1-4-15(9-10(2)3)13(16)11-5-7-12(8-6-11)14(17)18/h10-12H,4-9H2,1-3H3,(H,17,18). The Kier molecular flexibility index (Phi) is 5.63. The minimum Gasteiger partial charge on any atom is -0.481 e. The van der Waals surface area contributed by atoms with Crippen LogP contribution in [0.1, 0.15) is 46.5 Å². The lowest BCUT2D eigenvalue weighted by molar-refractivity contribution is -0.145. The molecule has 1 amide bonds. The maximum absolute atomic E-state index is 12.3. The van der Waals surface area contributed by atoms with Crippen LogP contribution in [0.4, 0.5) is 0 Å². The van der Waals surface area contributed by atoms with Gasteiger partial charge in [-0.15, -0.1) is 0 Å².